The van der Waals surface area contributed by atoms with Gasteiger partial charge in [-0.15, -0.1) is 0 Å². The summed E-state index contributed by atoms with van der Waals surface area (Å²) in [6.45, 7) is 0.357. The van der Waals surface area contributed by atoms with Crippen molar-refractivity contribution in [1.29, 1.82) is 0 Å². The number of amides is 1. The Morgan fingerprint density at radius 3 is 2.91 bits per heavy atom. The monoisotopic (exact) mass is 323 g/mol. The standard InChI is InChI=1S/C15H12F3N3O2/c16-8-1-2-13-9(5-8)10(3-4-23-13)21-15(22)12-6-11(14(17)18)19-7-20-12/h1-2,5-7,10,14H,3-4H2,(H,21,22). The molecule has 0 spiro atoms. The van der Waals surface area contributed by atoms with Crippen LogP contribution in [0.1, 0.15) is 40.6 Å². The van der Waals surface area contributed by atoms with Gasteiger partial charge in [-0.25, -0.2) is 23.1 Å². The first-order valence-corrected chi connectivity index (χ1v) is 6.88. The molecule has 2 aromatic rings. The molecule has 0 saturated heterocycles. The highest BCUT2D eigenvalue weighted by Gasteiger charge is 2.25. The number of carbonyl (C=O) groups excluding carboxylic acids is 1. The van der Waals surface area contributed by atoms with E-state index in [2.05, 4.69) is 15.3 Å². The van der Waals surface area contributed by atoms with Crippen LogP contribution in [0.3, 0.4) is 0 Å². The van der Waals surface area contributed by atoms with Gasteiger partial charge in [0.25, 0.3) is 12.3 Å². The van der Waals surface area contributed by atoms with Gasteiger partial charge < -0.3 is 10.1 Å². The van der Waals surface area contributed by atoms with Crippen molar-refractivity contribution in [3.05, 3.63) is 53.4 Å². The minimum absolute atomic E-state index is 0.167. The van der Waals surface area contributed by atoms with Crippen LogP contribution in [0.25, 0.3) is 0 Å². The predicted molar refractivity (Wildman–Crippen MR) is 73.7 cm³/mol. The second kappa shape index (κ2) is 6.23. The molecule has 120 valence electrons. The molecule has 0 radical (unpaired) electrons. The van der Waals surface area contributed by atoms with Gasteiger partial charge in [0.05, 0.1) is 12.6 Å². The van der Waals surface area contributed by atoms with Crippen molar-refractivity contribution < 1.29 is 22.7 Å². The Bertz CT molecular complexity index is 740. The van der Waals surface area contributed by atoms with E-state index in [1.807, 2.05) is 0 Å². The van der Waals surface area contributed by atoms with Crippen LogP contribution in [-0.4, -0.2) is 22.5 Å². The van der Waals surface area contributed by atoms with E-state index >= 15 is 0 Å². The molecule has 1 amide bonds. The van der Waals surface area contributed by atoms with Crippen LogP contribution in [-0.2, 0) is 0 Å². The van der Waals surface area contributed by atoms with Gasteiger partial charge in [0, 0.05) is 12.0 Å². The maximum absolute atomic E-state index is 13.4. The number of hydrogen-bond acceptors (Lipinski definition) is 4. The molecular formula is C15H12F3N3O2. The first-order chi connectivity index (χ1) is 11.0. The zero-order valence-corrected chi connectivity index (χ0v) is 11.8. The van der Waals surface area contributed by atoms with Crippen LogP contribution in [0.4, 0.5) is 13.2 Å². The summed E-state index contributed by atoms with van der Waals surface area (Å²) in [4.78, 5) is 19.3. The normalized spacial score (nSPS) is 16.6. The Balaban J connectivity index is 1.82. The van der Waals surface area contributed by atoms with Gasteiger partial charge in [-0.2, -0.15) is 0 Å². The third-order valence-corrected chi connectivity index (χ3v) is 3.46. The number of hydrogen-bond donors (Lipinski definition) is 1. The lowest BCUT2D eigenvalue weighted by molar-refractivity contribution is 0.0918. The van der Waals surface area contributed by atoms with E-state index in [0.717, 1.165) is 12.4 Å². The van der Waals surface area contributed by atoms with Crippen LogP contribution >= 0.6 is 0 Å². The highest BCUT2D eigenvalue weighted by atomic mass is 19.3. The van der Waals surface area contributed by atoms with Gasteiger partial charge in [0.2, 0.25) is 0 Å². The number of carbonyl (C=O) groups is 1. The Hall–Kier alpha value is -2.64. The number of fused-ring (bicyclic) bond motifs is 1. The van der Waals surface area contributed by atoms with Crippen LogP contribution in [0.2, 0.25) is 0 Å². The molecule has 23 heavy (non-hydrogen) atoms. The third kappa shape index (κ3) is 3.25. The maximum Gasteiger partial charge on any atom is 0.280 e. The lowest BCUT2D eigenvalue weighted by Gasteiger charge is -2.26. The molecule has 5 nitrogen and oxygen atoms in total. The number of alkyl halides is 2. The summed E-state index contributed by atoms with van der Waals surface area (Å²) in [6, 6.07) is 4.49. The van der Waals surface area contributed by atoms with Crippen molar-refractivity contribution in [2.24, 2.45) is 0 Å². The first kappa shape index (κ1) is 15.3. The zero-order valence-electron chi connectivity index (χ0n) is 11.8. The molecule has 1 aliphatic heterocycles. The van der Waals surface area contributed by atoms with Crippen molar-refractivity contribution >= 4 is 5.91 Å². The van der Waals surface area contributed by atoms with E-state index in [9.17, 15) is 18.0 Å². The van der Waals surface area contributed by atoms with E-state index < -0.39 is 29.9 Å². The van der Waals surface area contributed by atoms with E-state index in [1.165, 1.54) is 18.2 Å². The van der Waals surface area contributed by atoms with Crippen molar-refractivity contribution in [3.8, 4) is 5.75 Å². The van der Waals surface area contributed by atoms with Crippen LogP contribution in [0.5, 0.6) is 5.75 Å². The molecule has 1 unspecified atom stereocenters. The SMILES string of the molecule is O=C(NC1CCOc2ccc(F)cc21)c1cc(C(F)F)ncn1. The summed E-state index contributed by atoms with van der Waals surface area (Å²) in [5.41, 5.74) is -0.184. The van der Waals surface area contributed by atoms with Crippen LogP contribution < -0.4 is 10.1 Å². The molecule has 1 aromatic carbocycles. The Labute approximate surface area is 129 Å². The maximum atomic E-state index is 13.4. The summed E-state index contributed by atoms with van der Waals surface area (Å²) in [6.07, 6.45) is -1.44. The largest absolute Gasteiger partial charge is 0.493 e. The minimum Gasteiger partial charge on any atom is -0.493 e. The molecule has 0 fully saturated rings. The second-order valence-corrected chi connectivity index (χ2v) is 4.97. The van der Waals surface area contributed by atoms with Crippen molar-refractivity contribution in [2.75, 3.05) is 6.61 Å². The summed E-state index contributed by atoms with van der Waals surface area (Å²) >= 11 is 0. The average molecular weight is 323 g/mol. The molecule has 0 saturated carbocycles. The summed E-state index contributed by atoms with van der Waals surface area (Å²) in [5, 5.41) is 2.66. The highest BCUT2D eigenvalue weighted by Crippen LogP contribution is 2.32. The molecule has 1 N–H and O–H groups in total. The predicted octanol–water partition coefficient (Wildman–Crippen LogP) is 2.81. The number of nitrogens with zero attached hydrogens (tertiary/aromatic N) is 2. The molecule has 2 heterocycles. The zero-order chi connectivity index (χ0) is 16.4. The summed E-state index contributed by atoms with van der Waals surface area (Å²) in [5.74, 6) is -0.592. The second-order valence-electron chi connectivity index (χ2n) is 4.97. The minimum atomic E-state index is -2.79. The topological polar surface area (TPSA) is 64.1 Å². The lowest BCUT2D eigenvalue weighted by atomic mass is 10.00. The van der Waals surface area contributed by atoms with Gasteiger partial charge in [0.1, 0.15) is 29.3 Å². The molecule has 1 aromatic heterocycles. The fourth-order valence-corrected chi connectivity index (χ4v) is 2.36. The third-order valence-electron chi connectivity index (χ3n) is 3.46. The van der Waals surface area contributed by atoms with Gasteiger partial charge >= 0.3 is 0 Å². The van der Waals surface area contributed by atoms with E-state index in [-0.39, 0.29) is 5.69 Å². The molecular weight excluding hydrogens is 311 g/mol. The average Bonchev–Trinajstić information content (AvgIpc) is 2.55. The summed E-state index contributed by atoms with van der Waals surface area (Å²) in [7, 11) is 0. The smallest absolute Gasteiger partial charge is 0.280 e. The Morgan fingerprint density at radius 2 is 2.13 bits per heavy atom. The van der Waals surface area contributed by atoms with Gasteiger partial charge in [-0.3, -0.25) is 4.79 Å². The molecule has 0 bridgehead atoms. The van der Waals surface area contributed by atoms with Crippen LogP contribution in [0.15, 0.2) is 30.6 Å². The molecule has 1 aliphatic rings. The number of rotatable bonds is 3. The number of nitrogens with one attached hydrogen (secondary N) is 1. The van der Waals surface area contributed by atoms with Crippen molar-refractivity contribution in [3.63, 3.8) is 0 Å². The van der Waals surface area contributed by atoms with E-state index in [1.54, 1.807) is 0 Å². The lowest BCUT2D eigenvalue weighted by Crippen LogP contribution is -2.32. The number of aromatic nitrogens is 2. The number of halogens is 3. The first-order valence-electron chi connectivity index (χ1n) is 6.88. The molecule has 0 aliphatic carbocycles. The fraction of sp³-hybridized carbons (Fsp3) is 0.267. The molecule has 3 rings (SSSR count). The quantitative estimate of drug-likeness (QED) is 0.943. The molecule has 1 atom stereocenters. The fourth-order valence-electron chi connectivity index (χ4n) is 2.36. The van der Waals surface area contributed by atoms with Gasteiger partial charge in [-0.05, 0) is 24.3 Å². The Morgan fingerprint density at radius 1 is 1.30 bits per heavy atom. The van der Waals surface area contributed by atoms with Crippen molar-refractivity contribution in [2.45, 2.75) is 18.9 Å². The van der Waals surface area contributed by atoms with E-state index in [0.29, 0.717) is 24.3 Å². The van der Waals surface area contributed by atoms with Crippen molar-refractivity contribution in [1.82, 2.24) is 15.3 Å². The number of benzene rings is 1. The highest BCUT2D eigenvalue weighted by molar-refractivity contribution is 5.92. The van der Waals surface area contributed by atoms with Gasteiger partial charge in [-0.1, -0.05) is 0 Å². The molecule has 8 heteroatoms. The Kier molecular flexibility index (Phi) is 4.14. The summed E-state index contributed by atoms with van der Waals surface area (Å²) < 4.78 is 44.1. The van der Waals surface area contributed by atoms with Gasteiger partial charge in [0.15, 0.2) is 0 Å². The van der Waals surface area contributed by atoms with E-state index in [4.69, 9.17) is 4.74 Å². The number of ether oxygens (including phenoxy) is 1. The van der Waals surface area contributed by atoms with Crippen LogP contribution in [0, 0.1) is 5.82 Å².